The highest BCUT2D eigenvalue weighted by Crippen LogP contribution is 2.30. The number of nitrogens with one attached hydrogen (secondary N) is 2. The molecule has 0 spiro atoms. The predicted octanol–water partition coefficient (Wildman–Crippen LogP) is 5.54. The average molecular weight is 531 g/mol. The number of rotatable bonds is 8. The van der Waals surface area contributed by atoms with E-state index in [0.29, 0.717) is 23.7 Å². The van der Waals surface area contributed by atoms with E-state index in [2.05, 4.69) is 26.8 Å². The number of hydrogen-bond donors (Lipinski definition) is 2. The molecule has 35 heavy (non-hydrogen) atoms. The number of hydrazine groups is 1. The third-order valence-corrected chi connectivity index (χ3v) is 5.70. The first kappa shape index (κ1) is 24.0. The fourth-order valence-corrected chi connectivity index (χ4v) is 3.74. The first-order valence-corrected chi connectivity index (χ1v) is 11.7. The van der Waals surface area contributed by atoms with Gasteiger partial charge in [-0.15, -0.1) is 0 Å². The molecule has 176 valence electrons. The lowest BCUT2D eigenvalue weighted by Gasteiger charge is -2.11. The van der Waals surface area contributed by atoms with Crippen molar-refractivity contribution >= 4 is 27.7 Å². The molecule has 2 amide bonds. The highest BCUT2D eigenvalue weighted by atomic mass is 79.9. The Morgan fingerprint density at radius 3 is 2.09 bits per heavy atom. The van der Waals surface area contributed by atoms with Crippen molar-refractivity contribution in [1.29, 1.82) is 0 Å². The summed E-state index contributed by atoms with van der Waals surface area (Å²) >= 11 is 3.48. The Morgan fingerprint density at radius 1 is 0.714 bits per heavy atom. The van der Waals surface area contributed by atoms with E-state index in [4.69, 9.17) is 9.47 Å². The van der Waals surface area contributed by atoms with Crippen molar-refractivity contribution in [2.24, 2.45) is 0 Å². The molecule has 0 saturated carbocycles. The molecule has 0 bridgehead atoms. The molecule has 0 aliphatic rings. The number of carbonyl (C=O) groups excluding carboxylic acids is 2. The van der Waals surface area contributed by atoms with Crippen LogP contribution in [-0.4, -0.2) is 18.4 Å². The fraction of sp³-hybridized carbons (Fsp3) is 0.0714. The molecule has 0 aliphatic heterocycles. The second kappa shape index (κ2) is 11.9. The normalized spacial score (nSPS) is 10.3. The molecule has 0 atom stereocenters. The van der Waals surface area contributed by atoms with Crippen molar-refractivity contribution < 1.29 is 19.1 Å². The molecule has 0 radical (unpaired) electrons. The zero-order chi connectivity index (χ0) is 24.5. The third kappa shape index (κ3) is 6.94. The van der Waals surface area contributed by atoms with E-state index in [0.717, 1.165) is 21.2 Å². The first-order valence-electron chi connectivity index (χ1n) is 10.9. The summed E-state index contributed by atoms with van der Waals surface area (Å²) in [5.74, 6) is 0.241. The molecule has 0 aromatic heterocycles. The van der Waals surface area contributed by atoms with Crippen LogP contribution in [0.5, 0.6) is 11.5 Å². The predicted molar refractivity (Wildman–Crippen MR) is 138 cm³/mol. The van der Waals surface area contributed by atoms with Crippen molar-refractivity contribution in [2.75, 3.05) is 6.61 Å². The second-order valence-corrected chi connectivity index (χ2v) is 8.46. The minimum atomic E-state index is -0.486. The lowest BCUT2D eigenvalue weighted by Crippen LogP contribution is -2.43. The van der Waals surface area contributed by atoms with Gasteiger partial charge in [-0.25, -0.2) is 0 Å². The summed E-state index contributed by atoms with van der Waals surface area (Å²) in [6.45, 7) is 0.184. The summed E-state index contributed by atoms with van der Waals surface area (Å²) in [5.41, 5.74) is 8.29. The van der Waals surface area contributed by atoms with Gasteiger partial charge >= 0.3 is 0 Å². The van der Waals surface area contributed by atoms with Gasteiger partial charge in [0.2, 0.25) is 0 Å². The molecule has 4 aromatic rings. The van der Waals surface area contributed by atoms with E-state index in [-0.39, 0.29) is 6.61 Å². The van der Waals surface area contributed by atoms with Crippen LogP contribution in [0.2, 0.25) is 0 Å². The van der Waals surface area contributed by atoms with Crippen LogP contribution < -0.4 is 20.3 Å². The van der Waals surface area contributed by atoms with Crippen molar-refractivity contribution in [3.63, 3.8) is 0 Å². The van der Waals surface area contributed by atoms with Crippen molar-refractivity contribution in [3.05, 3.63) is 119 Å². The van der Waals surface area contributed by atoms with Crippen LogP contribution >= 0.6 is 15.9 Å². The van der Waals surface area contributed by atoms with E-state index in [1.807, 2.05) is 72.8 Å². The Bertz CT molecular complexity index is 1280. The lowest BCUT2D eigenvalue weighted by atomic mass is 10.1. The quantitative estimate of drug-likeness (QED) is 0.293. The Labute approximate surface area is 212 Å². The SMILES string of the molecule is O=C(COc1ccc(-c2ccccc2)cc1Br)NNC(=O)c1ccc(OCc2ccccc2)cc1. The van der Waals surface area contributed by atoms with Crippen LogP contribution in [0.3, 0.4) is 0 Å². The first-order chi connectivity index (χ1) is 17.1. The number of halogens is 1. The zero-order valence-electron chi connectivity index (χ0n) is 18.7. The van der Waals surface area contributed by atoms with Gasteiger partial charge in [-0.05, 0) is 69.0 Å². The summed E-state index contributed by atoms with van der Waals surface area (Å²) in [4.78, 5) is 24.5. The summed E-state index contributed by atoms with van der Waals surface area (Å²) in [7, 11) is 0. The third-order valence-electron chi connectivity index (χ3n) is 5.08. The van der Waals surface area contributed by atoms with E-state index < -0.39 is 11.8 Å². The molecule has 4 aromatic carbocycles. The molecule has 0 saturated heterocycles. The van der Waals surface area contributed by atoms with Gasteiger partial charge in [-0.3, -0.25) is 20.4 Å². The van der Waals surface area contributed by atoms with E-state index in [9.17, 15) is 9.59 Å². The van der Waals surface area contributed by atoms with Gasteiger partial charge in [0.25, 0.3) is 11.8 Å². The molecule has 0 unspecified atom stereocenters. The maximum Gasteiger partial charge on any atom is 0.276 e. The Hall–Kier alpha value is -4.10. The smallest absolute Gasteiger partial charge is 0.276 e. The molecule has 4 rings (SSSR count). The number of hydrogen-bond acceptors (Lipinski definition) is 4. The number of benzene rings is 4. The minimum Gasteiger partial charge on any atom is -0.489 e. The van der Waals surface area contributed by atoms with Crippen LogP contribution in [0.1, 0.15) is 15.9 Å². The van der Waals surface area contributed by atoms with Crippen LogP contribution in [0.15, 0.2) is 108 Å². The van der Waals surface area contributed by atoms with Gasteiger partial charge in [0, 0.05) is 5.56 Å². The Balaban J connectivity index is 1.22. The topological polar surface area (TPSA) is 76.7 Å². The van der Waals surface area contributed by atoms with Gasteiger partial charge in [0.1, 0.15) is 18.1 Å². The highest BCUT2D eigenvalue weighted by molar-refractivity contribution is 9.10. The maximum absolute atomic E-state index is 12.3. The maximum atomic E-state index is 12.3. The molecule has 6 nitrogen and oxygen atoms in total. The second-order valence-electron chi connectivity index (χ2n) is 7.60. The number of carbonyl (C=O) groups is 2. The van der Waals surface area contributed by atoms with E-state index in [1.165, 1.54) is 0 Å². The summed E-state index contributed by atoms with van der Waals surface area (Å²) in [6.07, 6.45) is 0. The minimum absolute atomic E-state index is 0.254. The highest BCUT2D eigenvalue weighted by Gasteiger charge is 2.10. The molecule has 2 N–H and O–H groups in total. The lowest BCUT2D eigenvalue weighted by molar-refractivity contribution is -0.123. The summed E-state index contributed by atoms with van der Waals surface area (Å²) in [6, 6.07) is 32.1. The zero-order valence-corrected chi connectivity index (χ0v) is 20.3. The van der Waals surface area contributed by atoms with E-state index >= 15 is 0 Å². The molecule has 0 heterocycles. The molecular formula is C28H23BrN2O4. The van der Waals surface area contributed by atoms with Gasteiger partial charge in [0.15, 0.2) is 6.61 Å². The Morgan fingerprint density at radius 2 is 1.40 bits per heavy atom. The Kier molecular flexibility index (Phi) is 8.14. The average Bonchev–Trinajstić information content (AvgIpc) is 2.91. The molecular weight excluding hydrogens is 508 g/mol. The molecule has 0 aliphatic carbocycles. The summed E-state index contributed by atoms with van der Waals surface area (Å²) < 4.78 is 12.0. The van der Waals surface area contributed by atoms with E-state index in [1.54, 1.807) is 30.3 Å². The van der Waals surface area contributed by atoms with Gasteiger partial charge in [0.05, 0.1) is 4.47 Å². The van der Waals surface area contributed by atoms with Gasteiger partial charge in [-0.2, -0.15) is 0 Å². The summed E-state index contributed by atoms with van der Waals surface area (Å²) in [5, 5.41) is 0. The van der Waals surface area contributed by atoms with Crippen LogP contribution in [0.4, 0.5) is 0 Å². The molecule has 7 heteroatoms. The van der Waals surface area contributed by atoms with Crippen LogP contribution in [0, 0.1) is 0 Å². The number of amides is 2. The largest absolute Gasteiger partial charge is 0.489 e. The van der Waals surface area contributed by atoms with Gasteiger partial charge < -0.3 is 9.47 Å². The van der Waals surface area contributed by atoms with Crippen molar-refractivity contribution in [2.45, 2.75) is 6.61 Å². The monoisotopic (exact) mass is 530 g/mol. The number of ether oxygens (including phenoxy) is 2. The van der Waals surface area contributed by atoms with Crippen LogP contribution in [-0.2, 0) is 11.4 Å². The van der Waals surface area contributed by atoms with Crippen LogP contribution in [0.25, 0.3) is 11.1 Å². The van der Waals surface area contributed by atoms with Gasteiger partial charge in [-0.1, -0.05) is 66.7 Å². The van der Waals surface area contributed by atoms with Crippen molar-refractivity contribution in [1.82, 2.24) is 10.9 Å². The van der Waals surface area contributed by atoms with Crippen molar-refractivity contribution in [3.8, 4) is 22.6 Å². The molecule has 0 fully saturated rings. The fourth-order valence-electron chi connectivity index (χ4n) is 3.25. The standard InChI is InChI=1S/C28H23BrN2O4/c29-25-17-23(21-9-5-2-6-10-21)13-16-26(25)35-19-27(32)30-31-28(33)22-11-14-24(15-12-22)34-18-20-7-3-1-4-8-20/h1-17H,18-19H2,(H,30,32)(H,31,33).